The number of para-hydroxylation sites is 1. The van der Waals surface area contributed by atoms with E-state index in [1.807, 2.05) is 91.1 Å². The molecule has 35 heavy (non-hydrogen) atoms. The Balaban J connectivity index is 1.70. The quantitative estimate of drug-likeness (QED) is 0.253. The number of halogens is 1. The average Bonchev–Trinajstić information content (AvgIpc) is 3.32. The second-order valence-electron chi connectivity index (χ2n) is 7.69. The SMILES string of the molecule is CCNC(=O)/C(C#N)=C\c1cn(-c2ccccc2)nc1-c1cccc(OCc2ccc(Cl)cc2)c1. The van der Waals surface area contributed by atoms with Gasteiger partial charge >= 0.3 is 0 Å². The minimum absolute atomic E-state index is 0.0101. The van der Waals surface area contributed by atoms with Gasteiger partial charge in [-0.05, 0) is 55.0 Å². The van der Waals surface area contributed by atoms with Crippen LogP contribution >= 0.6 is 11.6 Å². The molecule has 0 atom stereocenters. The van der Waals surface area contributed by atoms with Crippen LogP contribution in [-0.4, -0.2) is 22.2 Å². The van der Waals surface area contributed by atoms with E-state index in [9.17, 15) is 10.1 Å². The maximum Gasteiger partial charge on any atom is 0.261 e. The van der Waals surface area contributed by atoms with Gasteiger partial charge in [0.05, 0.1) is 5.69 Å². The molecule has 0 fully saturated rings. The number of nitrogens with one attached hydrogen (secondary N) is 1. The summed E-state index contributed by atoms with van der Waals surface area (Å²) < 4.78 is 7.72. The van der Waals surface area contributed by atoms with E-state index in [2.05, 4.69) is 5.32 Å². The smallest absolute Gasteiger partial charge is 0.261 e. The molecule has 4 aromatic rings. The predicted octanol–water partition coefficient (Wildman–Crippen LogP) is 5.81. The van der Waals surface area contributed by atoms with Crippen molar-refractivity contribution in [3.63, 3.8) is 0 Å². The van der Waals surface area contributed by atoms with Crippen LogP contribution in [0.4, 0.5) is 0 Å². The van der Waals surface area contributed by atoms with E-state index in [1.165, 1.54) is 0 Å². The molecule has 0 aliphatic carbocycles. The van der Waals surface area contributed by atoms with Crippen LogP contribution in [0.15, 0.2) is 90.6 Å². The monoisotopic (exact) mass is 482 g/mol. The van der Waals surface area contributed by atoms with Crippen molar-refractivity contribution < 1.29 is 9.53 Å². The summed E-state index contributed by atoms with van der Waals surface area (Å²) in [5.74, 6) is 0.249. The zero-order valence-electron chi connectivity index (χ0n) is 19.1. The first-order chi connectivity index (χ1) is 17.1. The molecule has 0 saturated heterocycles. The minimum atomic E-state index is -0.423. The first kappa shape index (κ1) is 23.8. The topological polar surface area (TPSA) is 79.9 Å². The Bertz CT molecular complexity index is 1390. The number of rotatable bonds is 8. The Labute approximate surface area is 209 Å². The lowest BCUT2D eigenvalue weighted by Crippen LogP contribution is -2.23. The molecule has 0 bridgehead atoms. The number of nitrogens with zero attached hydrogens (tertiary/aromatic N) is 3. The minimum Gasteiger partial charge on any atom is -0.489 e. The van der Waals surface area contributed by atoms with E-state index < -0.39 is 5.91 Å². The maximum atomic E-state index is 12.3. The van der Waals surface area contributed by atoms with Crippen LogP contribution < -0.4 is 10.1 Å². The molecule has 0 saturated carbocycles. The van der Waals surface area contributed by atoms with Crippen LogP contribution in [0, 0.1) is 11.3 Å². The molecule has 174 valence electrons. The van der Waals surface area contributed by atoms with Gasteiger partial charge in [-0.3, -0.25) is 4.79 Å². The van der Waals surface area contributed by atoms with Crippen LogP contribution in [0.25, 0.3) is 23.0 Å². The second kappa shape index (κ2) is 11.2. The van der Waals surface area contributed by atoms with Gasteiger partial charge in [-0.25, -0.2) is 4.68 Å². The van der Waals surface area contributed by atoms with Crippen LogP contribution in [0.5, 0.6) is 5.75 Å². The number of hydrogen-bond donors (Lipinski definition) is 1. The summed E-state index contributed by atoms with van der Waals surface area (Å²) in [6, 6.07) is 26.7. The van der Waals surface area contributed by atoms with Crippen LogP contribution in [0.1, 0.15) is 18.1 Å². The molecule has 0 unspecified atom stereocenters. The van der Waals surface area contributed by atoms with Crippen LogP contribution in [-0.2, 0) is 11.4 Å². The third kappa shape index (κ3) is 5.97. The lowest BCUT2D eigenvalue weighted by atomic mass is 10.1. The molecule has 7 heteroatoms. The van der Waals surface area contributed by atoms with E-state index in [-0.39, 0.29) is 5.57 Å². The molecule has 1 N–H and O–H groups in total. The summed E-state index contributed by atoms with van der Waals surface area (Å²) in [5.41, 5.74) is 3.94. The molecule has 6 nitrogen and oxygen atoms in total. The van der Waals surface area contributed by atoms with Crippen molar-refractivity contribution in [1.29, 1.82) is 5.26 Å². The number of hydrogen-bond acceptors (Lipinski definition) is 4. The molecule has 1 aromatic heterocycles. The molecular weight excluding hydrogens is 460 g/mol. The molecule has 1 heterocycles. The third-order valence-corrected chi connectivity index (χ3v) is 5.44. The summed E-state index contributed by atoms with van der Waals surface area (Å²) in [5, 5.41) is 17.7. The molecule has 0 radical (unpaired) electrons. The highest BCUT2D eigenvalue weighted by Gasteiger charge is 2.15. The number of likely N-dealkylation sites (N-methyl/N-ethyl adjacent to an activating group) is 1. The zero-order chi connectivity index (χ0) is 24.6. The van der Waals surface area contributed by atoms with Crippen LogP contribution in [0.3, 0.4) is 0 Å². The van der Waals surface area contributed by atoms with Gasteiger partial charge in [0.25, 0.3) is 5.91 Å². The fourth-order valence-electron chi connectivity index (χ4n) is 3.47. The highest BCUT2D eigenvalue weighted by atomic mass is 35.5. The zero-order valence-corrected chi connectivity index (χ0v) is 19.9. The third-order valence-electron chi connectivity index (χ3n) is 5.19. The van der Waals surface area contributed by atoms with Gasteiger partial charge in [0.2, 0.25) is 0 Å². The van der Waals surface area contributed by atoms with Crippen molar-refractivity contribution in [3.8, 4) is 28.8 Å². The highest BCUT2D eigenvalue weighted by molar-refractivity contribution is 6.30. The number of benzene rings is 3. The summed E-state index contributed by atoms with van der Waals surface area (Å²) >= 11 is 5.96. The van der Waals surface area contributed by atoms with Crippen molar-refractivity contribution in [2.24, 2.45) is 0 Å². The summed E-state index contributed by atoms with van der Waals surface area (Å²) in [6.07, 6.45) is 3.37. The van der Waals surface area contributed by atoms with E-state index in [0.29, 0.717) is 35.2 Å². The van der Waals surface area contributed by atoms with E-state index in [1.54, 1.807) is 17.7 Å². The number of amides is 1. The maximum absolute atomic E-state index is 12.3. The fourth-order valence-corrected chi connectivity index (χ4v) is 3.60. The number of carbonyl (C=O) groups excluding carboxylic acids is 1. The number of aromatic nitrogens is 2. The number of ether oxygens (including phenoxy) is 1. The van der Waals surface area contributed by atoms with Gasteiger partial charge in [-0.15, -0.1) is 0 Å². The standard InChI is InChI=1S/C28H23ClN4O2/c1-2-31-28(34)22(17-30)15-23-18-33(25-8-4-3-5-9-25)32-27(23)21-7-6-10-26(16-21)35-19-20-11-13-24(29)14-12-20/h3-16,18H,2,19H2,1H3,(H,31,34)/b22-15-. The fraction of sp³-hybridized carbons (Fsp3) is 0.107. The van der Waals surface area contributed by atoms with E-state index >= 15 is 0 Å². The predicted molar refractivity (Wildman–Crippen MR) is 137 cm³/mol. The van der Waals surface area contributed by atoms with Gasteiger partial charge in [-0.1, -0.05) is 54.1 Å². The van der Waals surface area contributed by atoms with Crippen molar-refractivity contribution in [2.45, 2.75) is 13.5 Å². The summed E-state index contributed by atoms with van der Waals surface area (Å²) in [6.45, 7) is 2.63. The molecule has 0 aliphatic heterocycles. The van der Waals surface area contributed by atoms with Gasteiger partial charge in [0, 0.05) is 28.9 Å². The summed E-state index contributed by atoms with van der Waals surface area (Å²) in [7, 11) is 0. The van der Waals surface area contributed by atoms with Gasteiger partial charge < -0.3 is 10.1 Å². The van der Waals surface area contributed by atoms with Crippen molar-refractivity contribution in [2.75, 3.05) is 6.54 Å². The molecule has 0 spiro atoms. The van der Waals surface area contributed by atoms with E-state index in [0.717, 1.165) is 16.8 Å². The molecule has 0 aliphatic rings. The molecular formula is C28H23ClN4O2. The summed E-state index contributed by atoms with van der Waals surface area (Å²) in [4.78, 5) is 12.3. The number of carbonyl (C=O) groups is 1. The Hall–Kier alpha value is -4.34. The van der Waals surface area contributed by atoms with Gasteiger partial charge in [-0.2, -0.15) is 10.4 Å². The van der Waals surface area contributed by atoms with Crippen molar-refractivity contribution in [3.05, 3.63) is 107 Å². The molecule has 1 amide bonds. The Morgan fingerprint density at radius 3 is 2.60 bits per heavy atom. The second-order valence-corrected chi connectivity index (χ2v) is 8.12. The lowest BCUT2D eigenvalue weighted by molar-refractivity contribution is -0.116. The Morgan fingerprint density at radius 2 is 1.89 bits per heavy atom. The Morgan fingerprint density at radius 1 is 1.11 bits per heavy atom. The first-order valence-corrected chi connectivity index (χ1v) is 11.5. The molecule has 3 aromatic carbocycles. The van der Waals surface area contributed by atoms with Crippen molar-refractivity contribution >= 4 is 23.6 Å². The highest BCUT2D eigenvalue weighted by Crippen LogP contribution is 2.29. The lowest BCUT2D eigenvalue weighted by Gasteiger charge is -2.08. The van der Waals surface area contributed by atoms with Crippen molar-refractivity contribution in [1.82, 2.24) is 15.1 Å². The number of nitriles is 1. The van der Waals surface area contributed by atoms with Gasteiger partial charge in [0.1, 0.15) is 29.7 Å². The largest absolute Gasteiger partial charge is 0.489 e. The van der Waals surface area contributed by atoms with Crippen LogP contribution in [0.2, 0.25) is 5.02 Å². The Kier molecular flexibility index (Phi) is 7.61. The van der Waals surface area contributed by atoms with Gasteiger partial charge in [0.15, 0.2) is 0 Å². The first-order valence-electron chi connectivity index (χ1n) is 11.1. The average molecular weight is 483 g/mol. The van der Waals surface area contributed by atoms with E-state index in [4.69, 9.17) is 21.4 Å². The molecule has 4 rings (SSSR count). The normalized spacial score (nSPS) is 11.1.